The Morgan fingerprint density at radius 3 is 2.47 bits per heavy atom. The van der Waals surface area contributed by atoms with Gasteiger partial charge in [-0.15, -0.1) is 11.3 Å². The minimum absolute atomic E-state index is 0.0703. The van der Waals surface area contributed by atoms with Crippen molar-refractivity contribution in [2.45, 2.75) is 31.8 Å². The maximum absolute atomic E-state index is 15.3. The Bertz CT molecular complexity index is 2530. The van der Waals surface area contributed by atoms with Gasteiger partial charge in [-0.05, 0) is 72.8 Å². The second kappa shape index (κ2) is 14.8. The fourth-order valence-corrected chi connectivity index (χ4v) is 7.20. The number of carbonyl (C=O) groups is 3. The molecule has 15 heteroatoms. The van der Waals surface area contributed by atoms with Crippen molar-refractivity contribution in [3.8, 4) is 21.9 Å². The molecular formula is C40H33F2N7O5S. The fourth-order valence-electron chi connectivity index (χ4n) is 6.16. The van der Waals surface area contributed by atoms with Gasteiger partial charge in [0, 0.05) is 64.0 Å². The zero-order valence-electron chi connectivity index (χ0n) is 29.1. The highest BCUT2D eigenvalue weighted by molar-refractivity contribution is 7.22. The Morgan fingerprint density at radius 1 is 0.945 bits per heavy atom. The lowest BCUT2D eigenvalue weighted by atomic mass is 10.0. The minimum Gasteiger partial charge on any atom is -0.463 e. The van der Waals surface area contributed by atoms with Crippen LogP contribution in [-0.2, 0) is 32.1 Å². The molecule has 1 unspecified atom stereocenters. The average Bonchev–Trinajstić information content (AvgIpc) is 3.45. The van der Waals surface area contributed by atoms with E-state index in [0.717, 1.165) is 33.1 Å². The first-order valence-electron chi connectivity index (χ1n) is 17.4. The number of esters is 1. The smallest absolute Gasteiger partial charge is 0.323 e. The maximum Gasteiger partial charge on any atom is 0.323 e. The molecule has 1 aliphatic rings. The summed E-state index contributed by atoms with van der Waals surface area (Å²) in [5.41, 5.74) is 8.64. The van der Waals surface area contributed by atoms with Crippen LogP contribution >= 0.6 is 11.3 Å². The van der Waals surface area contributed by atoms with Crippen LogP contribution < -0.4 is 21.1 Å². The number of rotatable bonds is 13. The van der Waals surface area contributed by atoms with Crippen molar-refractivity contribution >= 4 is 61.6 Å². The average molecular weight is 762 g/mol. The predicted molar refractivity (Wildman–Crippen MR) is 204 cm³/mol. The fraction of sp³-hybridized carbons (Fsp3) is 0.175. The number of halogens is 2. The standard InChI is InChI=1S/C40H33F2N7O5S/c41-25-5-7-26(8-6-25)47-38(51)40(12-13-40)39(52)48-27-9-10-33(29(42)18-27)54-34-11-14-44-32-20-35(55-36(32)34)24-21-45-49(22-24)15-16-53-37(50)30(43)19-28-17-23-3-1-2-4-31(23)46-28/h1-11,14,17-18,20-22,30,46H,12-13,15-16,19,43H2,(H,47,51)(H,48,52). The molecule has 0 bridgehead atoms. The van der Waals surface area contributed by atoms with E-state index in [0.29, 0.717) is 47.5 Å². The van der Waals surface area contributed by atoms with Crippen molar-refractivity contribution in [1.29, 1.82) is 0 Å². The molecule has 4 aromatic heterocycles. The first-order chi connectivity index (χ1) is 26.6. The number of aromatic amines is 1. The van der Waals surface area contributed by atoms with Gasteiger partial charge in [-0.25, -0.2) is 8.78 Å². The van der Waals surface area contributed by atoms with E-state index in [1.165, 1.54) is 47.7 Å². The van der Waals surface area contributed by atoms with Gasteiger partial charge in [0.1, 0.15) is 29.6 Å². The third kappa shape index (κ3) is 7.65. The van der Waals surface area contributed by atoms with Gasteiger partial charge in [0.05, 0.1) is 23.0 Å². The van der Waals surface area contributed by atoms with Crippen molar-refractivity contribution in [3.05, 3.63) is 121 Å². The molecule has 4 heterocycles. The Kier molecular flexibility index (Phi) is 9.55. The highest BCUT2D eigenvalue weighted by Gasteiger charge is 2.56. The van der Waals surface area contributed by atoms with Gasteiger partial charge >= 0.3 is 5.97 Å². The molecule has 1 saturated carbocycles. The number of pyridine rings is 1. The number of nitrogens with one attached hydrogen (secondary N) is 3. The number of aromatic nitrogens is 4. The van der Waals surface area contributed by atoms with Crippen molar-refractivity contribution in [2.24, 2.45) is 11.1 Å². The molecule has 1 aliphatic carbocycles. The first-order valence-corrected chi connectivity index (χ1v) is 18.2. The number of carbonyl (C=O) groups excluding carboxylic acids is 3. The summed E-state index contributed by atoms with van der Waals surface area (Å²) in [6.45, 7) is 0.413. The third-order valence-corrected chi connectivity index (χ3v) is 10.5. The Morgan fingerprint density at radius 2 is 1.71 bits per heavy atom. The quantitative estimate of drug-likeness (QED) is 0.0709. The third-order valence-electron chi connectivity index (χ3n) is 9.32. The van der Waals surface area contributed by atoms with Gasteiger partial charge in [0.2, 0.25) is 11.8 Å². The summed E-state index contributed by atoms with van der Waals surface area (Å²) in [5.74, 6) is -2.43. The number of ether oxygens (including phenoxy) is 2. The second-order valence-corrected chi connectivity index (χ2v) is 14.3. The second-order valence-electron chi connectivity index (χ2n) is 13.2. The summed E-state index contributed by atoms with van der Waals surface area (Å²) < 4.78 is 42.4. The molecule has 1 atom stereocenters. The van der Waals surface area contributed by atoms with Crippen LogP contribution in [-0.4, -0.2) is 50.2 Å². The van der Waals surface area contributed by atoms with Crippen molar-refractivity contribution in [3.63, 3.8) is 0 Å². The maximum atomic E-state index is 15.3. The van der Waals surface area contributed by atoms with E-state index >= 15 is 4.39 Å². The molecule has 0 aliphatic heterocycles. The molecule has 0 radical (unpaired) electrons. The molecule has 1 fully saturated rings. The SMILES string of the molecule is NC(Cc1cc2ccccc2[nH]1)C(=O)OCCn1cc(-c2cc3nccc(Oc4ccc(NC(=O)C5(C(=O)Nc6ccc(F)cc6)CC5)cc4F)c3s2)cn1. The molecule has 7 aromatic rings. The molecule has 2 amide bonds. The van der Waals surface area contributed by atoms with E-state index in [2.05, 4.69) is 25.7 Å². The molecule has 0 saturated heterocycles. The van der Waals surface area contributed by atoms with Crippen LogP contribution in [0.3, 0.4) is 0 Å². The van der Waals surface area contributed by atoms with Gasteiger partial charge in [-0.1, -0.05) is 18.2 Å². The highest BCUT2D eigenvalue weighted by atomic mass is 32.1. The number of hydrogen-bond donors (Lipinski definition) is 4. The van der Waals surface area contributed by atoms with E-state index in [1.807, 2.05) is 42.6 Å². The van der Waals surface area contributed by atoms with Gasteiger partial charge in [0.25, 0.3) is 0 Å². The van der Waals surface area contributed by atoms with Crippen molar-refractivity contribution in [1.82, 2.24) is 19.7 Å². The summed E-state index contributed by atoms with van der Waals surface area (Å²) in [6, 6.07) is 21.8. The number of nitrogens with two attached hydrogens (primary N) is 1. The van der Waals surface area contributed by atoms with Gasteiger partial charge in [0.15, 0.2) is 11.6 Å². The number of amides is 2. The lowest BCUT2D eigenvalue weighted by Gasteiger charge is -2.16. The molecule has 55 heavy (non-hydrogen) atoms. The van der Waals surface area contributed by atoms with Gasteiger partial charge in [-0.2, -0.15) is 5.10 Å². The summed E-state index contributed by atoms with van der Waals surface area (Å²) in [5, 5.41) is 10.7. The van der Waals surface area contributed by atoms with Crippen LogP contribution in [0.5, 0.6) is 11.5 Å². The van der Waals surface area contributed by atoms with Crippen molar-refractivity contribution < 1.29 is 32.6 Å². The molecule has 3 aromatic carbocycles. The van der Waals surface area contributed by atoms with E-state index in [-0.39, 0.29) is 18.0 Å². The predicted octanol–water partition coefficient (Wildman–Crippen LogP) is 7.18. The van der Waals surface area contributed by atoms with Crippen LogP contribution in [0.15, 0.2) is 104 Å². The van der Waals surface area contributed by atoms with Crippen LogP contribution in [0.25, 0.3) is 31.6 Å². The number of H-pyrrole nitrogens is 1. The lowest BCUT2D eigenvalue weighted by molar-refractivity contribution is -0.145. The van der Waals surface area contributed by atoms with E-state index in [9.17, 15) is 18.8 Å². The van der Waals surface area contributed by atoms with E-state index in [1.54, 1.807) is 23.1 Å². The lowest BCUT2D eigenvalue weighted by Crippen LogP contribution is -2.35. The van der Waals surface area contributed by atoms with E-state index in [4.69, 9.17) is 15.2 Å². The zero-order valence-corrected chi connectivity index (χ0v) is 29.9. The number of nitrogens with zero attached hydrogens (tertiary/aromatic N) is 3. The molecule has 12 nitrogen and oxygen atoms in total. The number of anilines is 2. The van der Waals surface area contributed by atoms with Gasteiger partial charge < -0.3 is 30.8 Å². The van der Waals surface area contributed by atoms with Crippen LogP contribution in [0, 0.1) is 17.0 Å². The monoisotopic (exact) mass is 761 g/mol. The molecular weight excluding hydrogens is 729 g/mol. The Hall–Kier alpha value is -6.45. The Labute approximate surface area is 316 Å². The zero-order chi connectivity index (χ0) is 38.1. The summed E-state index contributed by atoms with van der Waals surface area (Å²) in [7, 11) is 0. The highest BCUT2D eigenvalue weighted by Crippen LogP contribution is 2.48. The van der Waals surface area contributed by atoms with E-state index < -0.39 is 40.9 Å². The molecule has 8 rings (SSSR count). The number of fused-ring (bicyclic) bond motifs is 2. The summed E-state index contributed by atoms with van der Waals surface area (Å²) >= 11 is 1.39. The molecule has 5 N–H and O–H groups in total. The number of para-hydroxylation sites is 1. The number of thiophene rings is 1. The molecule has 278 valence electrons. The summed E-state index contributed by atoms with van der Waals surface area (Å²) in [6.07, 6.45) is 6.07. The topological polar surface area (TPSA) is 166 Å². The van der Waals surface area contributed by atoms with Crippen LogP contribution in [0.2, 0.25) is 0 Å². The number of benzene rings is 3. The van der Waals surface area contributed by atoms with Crippen LogP contribution in [0.4, 0.5) is 20.2 Å². The summed E-state index contributed by atoms with van der Waals surface area (Å²) in [4.78, 5) is 47.1. The van der Waals surface area contributed by atoms with Crippen LogP contribution in [0.1, 0.15) is 18.5 Å². The number of hydrogen-bond acceptors (Lipinski definition) is 9. The first kappa shape index (κ1) is 35.6. The van der Waals surface area contributed by atoms with Gasteiger partial charge in [-0.3, -0.25) is 24.0 Å². The minimum atomic E-state index is -1.30. The van der Waals surface area contributed by atoms with Crippen molar-refractivity contribution in [2.75, 3.05) is 17.2 Å². The Balaban J connectivity index is 0.867. The normalized spacial score (nSPS) is 13.7. The largest absolute Gasteiger partial charge is 0.463 e. The molecule has 0 spiro atoms.